The summed E-state index contributed by atoms with van der Waals surface area (Å²) >= 11 is 0. The lowest BCUT2D eigenvalue weighted by atomic mass is 10.3. The van der Waals surface area contributed by atoms with E-state index in [1.165, 1.54) is 0 Å². The second kappa shape index (κ2) is 5.92. The Morgan fingerprint density at radius 1 is 1.36 bits per heavy atom. The van der Waals surface area contributed by atoms with Gasteiger partial charge in [0.05, 0.1) is 0 Å². The molecule has 0 saturated carbocycles. The highest BCUT2D eigenvalue weighted by atomic mass is 19.3. The van der Waals surface area contributed by atoms with Gasteiger partial charge < -0.3 is 9.73 Å². The quantitative estimate of drug-likeness (QED) is 0.758. The van der Waals surface area contributed by atoms with Gasteiger partial charge in [-0.3, -0.25) is 9.89 Å². The predicted molar refractivity (Wildman–Crippen MR) is 73.6 cm³/mol. The lowest BCUT2D eigenvalue weighted by molar-refractivity contribution is 0.0948. The number of amides is 1. The number of rotatable bonds is 5. The molecule has 0 atom stereocenters. The first kappa shape index (κ1) is 14.2. The first-order valence-corrected chi connectivity index (χ1v) is 6.59. The SMILES string of the molecule is O=C(NCCc1nc2ccccc2o1)c1cc(C(F)F)[nH]n1. The fraction of sp³-hybridized carbons (Fsp3) is 0.214. The zero-order valence-electron chi connectivity index (χ0n) is 11.3. The number of nitrogens with one attached hydrogen (secondary N) is 2. The molecule has 2 heterocycles. The number of nitrogens with zero attached hydrogens (tertiary/aromatic N) is 2. The summed E-state index contributed by atoms with van der Waals surface area (Å²) in [6, 6.07) is 8.36. The molecule has 114 valence electrons. The first-order chi connectivity index (χ1) is 10.6. The number of halogens is 2. The second-order valence-corrected chi connectivity index (χ2v) is 4.59. The van der Waals surface area contributed by atoms with Crippen molar-refractivity contribution in [3.05, 3.63) is 47.6 Å². The summed E-state index contributed by atoms with van der Waals surface area (Å²) in [6.45, 7) is 0.266. The van der Waals surface area contributed by atoms with Gasteiger partial charge in [-0.15, -0.1) is 0 Å². The third-order valence-corrected chi connectivity index (χ3v) is 3.03. The van der Waals surface area contributed by atoms with Crippen molar-refractivity contribution < 1.29 is 18.0 Å². The number of hydrogen-bond donors (Lipinski definition) is 2. The molecule has 0 fully saturated rings. The normalized spacial score (nSPS) is 11.2. The Bertz CT molecular complexity index is 764. The van der Waals surface area contributed by atoms with Crippen LogP contribution < -0.4 is 5.32 Å². The molecule has 1 amide bonds. The molecule has 1 aromatic carbocycles. The van der Waals surface area contributed by atoms with Crippen molar-refractivity contribution in [2.24, 2.45) is 0 Å². The monoisotopic (exact) mass is 306 g/mol. The van der Waals surface area contributed by atoms with E-state index in [2.05, 4.69) is 20.5 Å². The molecule has 0 radical (unpaired) electrons. The van der Waals surface area contributed by atoms with Crippen LogP contribution >= 0.6 is 0 Å². The summed E-state index contributed by atoms with van der Waals surface area (Å²) in [4.78, 5) is 16.0. The minimum Gasteiger partial charge on any atom is -0.441 e. The maximum absolute atomic E-state index is 12.4. The van der Waals surface area contributed by atoms with Crippen molar-refractivity contribution in [2.75, 3.05) is 6.54 Å². The van der Waals surface area contributed by atoms with Crippen molar-refractivity contribution in [2.45, 2.75) is 12.8 Å². The lowest BCUT2D eigenvalue weighted by Gasteiger charge is -2.00. The number of alkyl halides is 2. The third kappa shape index (κ3) is 2.95. The Hall–Kier alpha value is -2.77. The second-order valence-electron chi connectivity index (χ2n) is 4.59. The minimum atomic E-state index is -2.69. The average Bonchev–Trinajstić information content (AvgIpc) is 3.13. The highest BCUT2D eigenvalue weighted by molar-refractivity contribution is 5.92. The highest BCUT2D eigenvalue weighted by Gasteiger charge is 2.15. The molecule has 22 heavy (non-hydrogen) atoms. The molecule has 0 aliphatic carbocycles. The number of oxazole rings is 1. The van der Waals surface area contributed by atoms with Crippen LogP contribution in [0.3, 0.4) is 0 Å². The molecule has 0 bridgehead atoms. The number of benzene rings is 1. The van der Waals surface area contributed by atoms with Crippen molar-refractivity contribution in [3.8, 4) is 0 Å². The van der Waals surface area contributed by atoms with Gasteiger partial charge in [0.15, 0.2) is 11.5 Å². The number of aromatic nitrogens is 3. The topological polar surface area (TPSA) is 83.8 Å². The van der Waals surface area contributed by atoms with Gasteiger partial charge in [-0.05, 0) is 18.2 Å². The minimum absolute atomic E-state index is 0.0761. The number of carbonyl (C=O) groups excluding carboxylic acids is 1. The number of fused-ring (bicyclic) bond motifs is 1. The van der Waals surface area contributed by atoms with Crippen molar-refractivity contribution in [1.29, 1.82) is 0 Å². The van der Waals surface area contributed by atoms with E-state index in [9.17, 15) is 13.6 Å². The molecule has 3 aromatic rings. The van der Waals surface area contributed by atoms with Crippen LogP contribution in [0.4, 0.5) is 8.78 Å². The Kier molecular flexibility index (Phi) is 3.82. The molecule has 0 spiro atoms. The Labute approximate surface area is 123 Å². The van der Waals surface area contributed by atoms with E-state index in [0.29, 0.717) is 17.9 Å². The standard InChI is InChI=1S/C14H12F2N4O2/c15-13(16)9-7-10(20-19-9)14(21)17-6-5-12-18-8-3-1-2-4-11(8)22-12/h1-4,7,13H,5-6H2,(H,17,21)(H,19,20). The van der Waals surface area contributed by atoms with Crippen LogP contribution in [-0.4, -0.2) is 27.6 Å². The Balaban J connectivity index is 1.56. The third-order valence-electron chi connectivity index (χ3n) is 3.03. The summed E-state index contributed by atoms with van der Waals surface area (Å²) < 4.78 is 30.3. The zero-order valence-corrected chi connectivity index (χ0v) is 11.3. The summed E-state index contributed by atoms with van der Waals surface area (Å²) in [6.07, 6.45) is -2.29. The van der Waals surface area contributed by atoms with Gasteiger partial charge in [0.25, 0.3) is 12.3 Å². The van der Waals surface area contributed by atoms with Crippen LogP contribution in [-0.2, 0) is 6.42 Å². The van der Waals surface area contributed by atoms with Gasteiger partial charge in [-0.2, -0.15) is 5.10 Å². The molecule has 3 rings (SSSR count). The van der Waals surface area contributed by atoms with E-state index in [4.69, 9.17) is 4.42 Å². The van der Waals surface area contributed by atoms with Gasteiger partial charge in [0.2, 0.25) is 0 Å². The largest absolute Gasteiger partial charge is 0.441 e. The van der Waals surface area contributed by atoms with E-state index in [0.717, 1.165) is 11.6 Å². The van der Waals surface area contributed by atoms with E-state index in [1.807, 2.05) is 18.2 Å². The van der Waals surface area contributed by atoms with Crippen molar-refractivity contribution in [3.63, 3.8) is 0 Å². The molecule has 8 heteroatoms. The summed E-state index contributed by atoms with van der Waals surface area (Å²) in [5, 5.41) is 8.24. The van der Waals surface area contributed by atoms with Gasteiger partial charge in [0.1, 0.15) is 16.9 Å². The molecular formula is C14H12F2N4O2. The van der Waals surface area contributed by atoms with E-state index in [1.54, 1.807) is 6.07 Å². The maximum Gasteiger partial charge on any atom is 0.279 e. The van der Waals surface area contributed by atoms with Gasteiger partial charge in [0, 0.05) is 13.0 Å². The van der Waals surface area contributed by atoms with Crippen LogP contribution in [0.5, 0.6) is 0 Å². The van der Waals surface area contributed by atoms with Gasteiger partial charge >= 0.3 is 0 Å². The number of H-pyrrole nitrogens is 1. The maximum atomic E-state index is 12.4. The molecule has 0 aliphatic heterocycles. The molecule has 0 aliphatic rings. The fourth-order valence-corrected chi connectivity index (χ4v) is 1.97. The summed E-state index contributed by atoms with van der Waals surface area (Å²) in [7, 11) is 0. The van der Waals surface area contributed by atoms with Crippen LogP contribution in [0.2, 0.25) is 0 Å². The van der Waals surface area contributed by atoms with Crippen LogP contribution in [0, 0.1) is 0 Å². The van der Waals surface area contributed by atoms with E-state index >= 15 is 0 Å². The summed E-state index contributed by atoms with van der Waals surface area (Å²) in [5.41, 5.74) is 0.965. The Morgan fingerprint density at radius 2 is 2.18 bits per heavy atom. The highest BCUT2D eigenvalue weighted by Crippen LogP contribution is 2.16. The lowest BCUT2D eigenvalue weighted by Crippen LogP contribution is -2.26. The smallest absolute Gasteiger partial charge is 0.279 e. The van der Waals surface area contributed by atoms with E-state index < -0.39 is 12.3 Å². The molecule has 0 saturated heterocycles. The van der Waals surface area contributed by atoms with E-state index in [-0.39, 0.29) is 17.9 Å². The van der Waals surface area contributed by atoms with Crippen LogP contribution in [0.1, 0.15) is 28.5 Å². The number of aromatic amines is 1. The number of para-hydroxylation sites is 2. The molecule has 6 nitrogen and oxygen atoms in total. The Morgan fingerprint density at radius 3 is 2.91 bits per heavy atom. The predicted octanol–water partition coefficient (Wildman–Crippen LogP) is 2.46. The fourth-order valence-electron chi connectivity index (χ4n) is 1.97. The van der Waals surface area contributed by atoms with Crippen molar-refractivity contribution >= 4 is 17.0 Å². The van der Waals surface area contributed by atoms with Crippen LogP contribution in [0.15, 0.2) is 34.7 Å². The average molecular weight is 306 g/mol. The molecule has 0 unspecified atom stereocenters. The zero-order chi connectivity index (χ0) is 15.5. The van der Waals surface area contributed by atoms with Crippen molar-refractivity contribution in [1.82, 2.24) is 20.5 Å². The summed E-state index contributed by atoms with van der Waals surface area (Å²) in [5.74, 6) is -0.0314. The first-order valence-electron chi connectivity index (χ1n) is 6.59. The number of carbonyl (C=O) groups is 1. The van der Waals surface area contributed by atoms with Crippen LogP contribution in [0.25, 0.3) is 11.1 Å². The van der Waals surface area contributed by atoms with Gasteiger partial charge in [-0.25, -0.2) is 13.8 Å². The molecule has 2 aromatic heterocycles. The molecule has 2 N–H and O–H groups in total. The number of hydrogen-bond acceptors (Lipinski definition) is 4. The molecular weight excluding hydrogens is 294 g/mol. The van der Waals surface area contributed by atoms with Gasteiger partial charge in [-0.1, -0.05) is 12.1 Å².